The van der Waals surface area contributed by atoms with Crippen LogP contribution < -0.4 is 5.32 Å². The molecule has 2 aromatic rings. The zero-order valence-corrected chi connectivity index (χ0v) is 11.7. The lowest BCUT2D eigenvalue weighted by Crippen LogP contribution is -2.21. The second-order valence-corrected chi connectivity index (χ2v) is 5.87. The van der Waals surface area contributed by atoms with E-state index in [1.807, 2.05) is 7.05 Å². The third kappa shape index (κ3) is 2.13. The molecule has 0 spiro atoms. The van der Waals surface area contributed by atoms with E-state index < -0.39 is 17.5 Å². The number of fused-ring (bicyclic) bond motifs is 1. The van der Waals surface area contributed by atoms with Gasteiger partial charge in [0.1, 0.15) is 5.01 Å². The van der Waals surface area contributed by atoms with Crippen LogP contribution in [0.3, 0.4) is 0 Å². The van der Waals surface area contributed by atoms with Gasteiger partial charge in [-0.25, -0.2) is 18.2 Å². The number of hydrogen-bond donors (Lipinski definition) is 1. The minimum absolute atomic E-state index is 0.0261. The minimum Gasteiger partial charge on any atom is -0.312 e. The predicted octanol–water partition coefficient (Wildman–Crippen LogP) is 3.82. The molecule has 3 rings (SSSR count). The maximum atomic E-state index is 13.8. The number of halogens is 3. The Kier molecular flexibility index (Phi) is 3.52. The van der Waals surface area contributed by atoms with E-state index in [4.69, 9.17) is 0 Å². The number of nitrogens with one attached hydrogen (secondary N) is 1. The maximum Gasteiger partial charge on any atom is 0.195 e. The molecule has 1 heterocycles. The quantitative estimate of drug-likeness (QED) is 0.853. The Morgan fingerprint density at radius 3 is 2.80 bits per heavy atom. The molecule has 1 aliphatic carbocycles. The largest absolute Gasteiger partial charge is 0.312 e. The highest BCUT2D eigenvalue weighted by Crippen LogP contribution is 2.38. The normalized spacial score (nSPS) is 18.1. The van der Waals surface area contributed by atoms with E-state index in [0.717, 1.165) is 35.9 Å². The van der Waals surface area contributed by atoms with Gasteiger partial charge in [0, 0.05) is 10.4 Å². The standard InChI is InChI=1S/C14H13F3N2S/c1-18-9-3-2-4-10-13(9)19-14(20-10)7-5-6-8(15)12(17)11(7)16/h5-6,9,18H,2-4H2,1H3. The van der Waals surface area contributed by atoms with Crippen molar-refractivity contribution in [2.75, 3.05) is 7.05 Å². The predicted molar refractivity (Wildman–Crippen MR) is 72.2 cm³/mol. The third-order valence-electron chi connectivity index (χ3n) is 3.57. The van der Waals surface area contributed by atoms with Gasteiger partial charge in [-0.15, -0.1) is 11.3 Å². The summed E-state index contributed by atoms with van der Waals surface area (Å²) in [6.07, 6.45) is 2.92. The van der Waals surface area contributed by atoms with Crippen molar-refractivity contribution in [3.63, 3.8) is 0 Å². The fourth-order valence-electron chi connectivity index (χ4n) is 2.51. The van der Waals surface area contributed by atoms with Gasteiger partial charge in [0.05, 0.1) is 11.7 Å². The van der Waals surface area contributed by atoms with Gasteiger partial charge >= 0.3 is 0 Å². The first-order valence-corrected chi connectivity index (χ1v) is 7.24. The molecule has 1 aromatic carbocycles. The average molecular weight is 298 g/mol. The van der Waals surface area contributed by atoms with Crippen LogP contribution in [0.1, 0.15) is 29.5 Å². The molecule has 20 heavy (non-hydrogen) atoms. The lowest BCUT2D eigenvalue weighted by molar-refractivity contribution is 0.449. The summed E-state index contributed by atoms with van der Waals surface area (Å²) in [7, 11) is 1.86. The van der Waals surface area contributed by atoms with Gasteiger partial charge in [-0.05, 0) is 38.4 Å². The van der Waals surface area contributed by atoms with Crippen molar-refractivity contribution >= 4 is 11.3 Å². The molecule has 1 aromatic heterocycles. The van der Waals surface area contributed by atoms with Gasteiger partial charge < -0.3 is 5.32 Å². The first kappa shape index (κ1) is 13.6. The van der Waals surface area contributed by atoms with Crippen LogP contribution in [0.5, 0.6) is 0 Å². The average Bonchev–Trinajstić information content (AvgIpc) is 2.88. The number of thiazole rings is 1. The van der Waals surface area contributed by atoms with Crippen molar-refractivity contribution in [1.29, 1.82) is 0 Å². The zero-order valence-electron chi connectivity index (χ0n) is 10.8. The van der Waals surface area contributed by atoms with Crippen molar-refractivity contribution in [3.8, 4) is 10.6 Å². The number of hydrogen-bond acceptors (Lipinski definition) is 3. The number of benzene rings is 1. The van der Waals surface area contributed by atoms with Gasteiger partial charge in [0.25, 0.3) is 0 Å². The Morgan fingerprint density at radius 1 is 1.25 bits per heavy atom. The minimum atomic E-state index is -1.44. The van der Waals surface area contributed by atoms with Crippen LogP contribution in [0.15, 0.2) is 12.1 Å². The summed E-state index contributed by atoms with van der Waals surface area (Å²) in [5.74, 6) is -3.79. The summed E-state index contributed by atoms with van der Waals surface area (Å²) in [4.78, 5) is 5.52. The van der Waals surface area contributed by atoms with Crippen molar-refractivity contribution in [1.82, 2.24) is 10.3 Å². The second kappa shape index (κ2) is 5.18. The fourth-order valence-corrected chi connectivity index (χ4v) is 3.69. The maximum absolute atomic E-state index is 13.8. The van der Waals surface area contributed by atoms with Crippen LogP contribution in [0, 0.1) is 17.5 Å². The molecule has 0 saturated heterocycles. The smallest absolute Gasteiger partial charge is 0.195 e. The summed E-state index contributed by atoms with van der Waals surface area (Å²) in [5, 5.41) is 3.59. The Morgan fingerprint density at radius 2 is 2.05 bits per heavy atom. The third-order valence-corrected chi connectivity index (χ3v) is 4.73. The van der Waals surface area contributed by atoms with Crippen molar-refractivity contribution in [2.45, 2.75) is 25.3 Å². The van der Waals surface area contributed by atoms with Gasteiger partial charge in [0.15, 0.2) is 17.5 Å². The second-order valence-electron chi connectivity index (χ2n) is 4.78. The number of aryl methyl sites for hydroxylation is 1. The monoisotopic (exact) mass is 298 g/mol. The van der Waals surface area contributed by atoms with Crippen LogP contribution >= 0.6 is 11.3 Å². The number of rotatable bonds is 2. The molecule has 2 nitrogen and oxygen atoms in total. The summed E-state index contributed by atoms with van der Waals surface area (Å²) in [6.45, 7) is 0. The molecular weight excluding hydrogens is 285 g/mol. The summed E-state index contributed by atoms with van der Waals surface area (Å²) < 4.78 is 40.1. The Bertz CT molecular complexity index is 654. The van der Waals surface area contributed by atoms with Crippen molar-refractivity contribution in [2.24, 2.45) is 0 Å². The molecule has 0 saturated carbocycles. The highest BCUT2D eigenvalue weighted by molar-refractivity contribution is 7.15. The van der Waals surface area contributed by atoms with Crippen LogP contribution in [0.4, 0.5) is 13.2 Å². The number of nitrogens with zero attached hydrogens (tertiary/aromatic N) is 1. The molecule has 1 unspecified atom stereocenters. The first-order chi connectivity index (χ1) is 9.61. The molecule has 0 radical (unpaired) electrons. The molecule has 6 heteroatoms. The molecule has 0 bridgehead atoms. The Labute approximate surface area is 118 Å². The topological polar surface area (TPSA) is 24.9 Å². The lowest BCUT2D eigenvalue weighted by Gasteiger charge is -2.19. The highest BCUT2D eigenvalue weighted by Gasteiger charge is 2.25. The van der Waals surface area contributed by atoms with E-state index in [-0.39, 0.29) is 11.6 Å². The Hall–Kier alpha value is -1.40. The van der Waals surface area contributed by atoms with Gasteiger partial charge in [-0.2, -0.15) is 0 Å². The molecule has 1 atom stereocenters. The van der Waals surface area contributed by atoms with Gasteiger partial charge in [-0.3, -0.25) is 0 Å². The van der Waals surface area contributed by atoms with Crippen molar-refractivity contribution in [3.05, 3.63) is 40.2 Å². The van der Waals surface area contributed by atoms with E-state index >= 15 is 0 Å². The fraction of sp³-hybridized carbons (Fsp3) is 0.357. The summed E-state index contributed by atoms with van der Waals surface area (Å²) in [5.41, 5.74) is 0.932. The van der Waals surface area contributed by atoms with E-state index in [0.29, 0.717) is 5.01 Å². The highest BCUT2D eigenvalue weighted by atomic mass is 32.1. The van der Waals surface area contributed by atoms with E-state index in [2.05, 4.69) is 10.3 Å². The van der Waals surface area contributed by atoms with Crippen LogP contribution in [0.2, 0.25) is 0 Å². The molecule has 106 valence electrons. The molecule has 0 amide bonds. The molecule has 0 aliphatic heterocycles. The number of aromatic nitrogens is 1. The summed E-state index contributed by atoms with van der Waals surface area (Å²) >= 11 is 1.36. The van der Waals surface area contributed by atoms with Crippen LogP contribution in [-0.2, 0) is 6.42 Å². The SMILES string of the molecule is CNC1CCCc2sc(-c3ccc(F)c(F)c3F)nc21. The molecular formula is C14H13F3N2S. The molecule has 1 N–H and O–H groups in total. The van der Waals surface area contributed by atoms with Crippen molar-refractivity contribution < 1.29 is 13.2 Å². The van der Waals surface area contributed by atoms with Crippen LogP contribution in [0.25, 0.3) is 10.6 Å². The van der Waals surface area contributed by atoms with Gasteiger partial charge in [0.2, 0.25) is 0 Å². The molecule has 1 aliphatic rings. The van der Waals surface area contributed by atoms with E-state index in [9.17, 15) is 13.2 Å². The van der Waals surface area contributed by atoms with Gasteiger partial charge in [-0.1, -0.05) is 0 Å². The first-order valence-electron chi connectivity index (χ1n) is 6.42. The zero-order chi connectivity index (χ0) is 14.3. The van der Waals surface area contributed by atoms with E-state index in [1.165, 1.54) is 17.4 Å². The lowest BCUT2D eigenvalue weighted by atomic mass is 9.98. The van der Waals surface area contributed by atoms with E-state index in [1.54, 1.807) is 0 Å². The van der Waals surface area contributed by atoms with Crippen LogP contribution in [-0.4, -0.2) is 12.0 Å². The molecule has 0 fully saturated rings. The summed E-state index contributed by atoms with van der Waals surface area (Å²) in [6, 6.07) is 2.33. The Balaban J connectivity index is 2.08.